The first-order valence-electron chi connectivity index (χ1n) is 6.23. The number of ether oxygens (including phenoxy) is 1. The minimum atomic E-state index is -4.52. The van der Waals surface area contributed by atoms with E-state index >= 15 is 0 Å². The van der Waals surface area contributed by atoms with Crippen molar-refractivity contribution in [3.63, 3.8) is 0 Å². The molecule has 1 atom stereocenters. The van der Waals surface area contributed by atoms with Gasteiger partial charge in [0.15, 0.2) is 5.60 Å². The molecule has 0 unspecified atom stereocenters. The van der Waals surface area contributed by atoms with Crippen LogP contribution in [0, 0.1) is 5.82 Å². The molecule has 116 valence electrons. The van der Waals surface area contributed by atoms with Crippen molar-refractivity contribution >= 4 is 5.97 Å². The van der Waals surface area contributed by atoms with Gasteiger partial charge in [0.2, 0.25) is 0 Å². The first kappa shape index (κ1) is 15.8. The lowest BCUT2D eigenvalue weighted by molar-refractivity contribution is -0.188. The summed E-state index contributed by atoms with van der Waals surface area (Å²) in [5.74, 6) is -2.13. The number of carboxylic acids is 1. The van der Waals surface area contributed by atoms with Crippen LogP contribution in [0.15, 0.2) is 18.2 Å². The fourth-order valence-corrected chi connectivity index (χ4v) is 2.55. The summed E-state index contributed by atoms with van der Waals surface area (Å²) in [6, 6.07) is 3.07. The SMILES string of the molecule is CC(C)(C[C@@]1(C(F)(F)F)CO1)c1ccc(F)cc1C(=O)O. The predicted molar refractivity (Wildman–Crippen MR) is 65.7 cm³/mol. The van der Waals surface area contributed by atoms with E-state index in [1.165, 1.54) is 19.9 Å². The molecule has 2 rings (SSSR count). The average molecular weight is 306 g/mol. The van der Waals surface area contributed by atoms with Gasteiger partial charge in [0.05, 0.1) is 12.2 Å². The van der Waals surface area contributed by atoms with Crippen LogP contribution in [0.3, 0.4) is 0 Å². The average Bonchev–Trinajstić information content (AvgIpc) is 3.08. The van der Waals surface area contributed by atoms with Gasteiger partial charge in [-0.1, -0.05) is 19.9 Å². The Kier molecular flexibility index (Phi) is 3.52. The number of aromatic carboxylic acids is 1. The van der Waals surface area contributed by atoms with E-state index < -0.39 is 42.0 Å². The van der Waals surface area contributed by atoms with E-state index in [0.29, 0.717) is 0 Å². The molecule has 1 saturated heterocycles. The van der Waals surface area contributed by atoms with Crippen LogP contribution in [-0.4, -0.2) is 29.5 Å². The van der Waals surface area contributed by atoms with Gasteiger partial charge in [-0.25, -0.2) is 9.18 Å². The van der Waals surface area contributed by atoms with Crippen LogP contribution in [0.25, 0.3) is 0 Å². The first-order valence-corrected chi connectivity index (χ1v) is 6.23. The molecule has 0 radical (unpaired) electrons. The largest absolute Gasteiger partial charge is 0.478 e. The highest BCUT2D eigenvalue weighted by Crippen LogP contribution is 2.51. The number of rotatable bonds is 4. The van der Waals surface area contributed by atoms with Crippen LogP contribution >= 0.6 is 0 Å². The molecule has 0 aliphatic carbocycles. The molecule has 3 nitrogen and oxygen atoms in total. The van der Waals surface area contributed by atoms with E-state index in [1.807, 2.05) is 0 Å². The Balaban J connectivity index is 2.39. The second kappa shape index (κ2) is 4.69. The maximum atomic E-state index is 13.2. The lowest BCUT2D eigenvalue weighted by Gasteiger charge is -2.30. The molecule has 0 amide bonds. The molecule has 0 spiro atoms. The Bertz CT molecular complexity index is 574. The smallest absolute Gasteiger partial charge is 0.419 e. The number of hydrogen-bond donors (Lipinski definition) is 1. The molecule has 1 fully saturated rings. The van der Waals surface area contributed by atoms with E-state index in [2.05, 4.69) is 4.74 Å². The number of alkyl halides is 3. The summed E-state index contributed by atoms with van der Waals surface area (Å²) >= 11 is 0. The fourth-order valence-electron chi connectivity index (χ4n) is 2.55. The Morgan fingerprint density at radius 2 is 1.95 bits per heavy atom. The van der Waals surface area contributed by atoms with E-state index in [-0.39, 0.29) is 11.1 Å². The van der Waals surface area contributed by atoms with Gasteiger partial charge in [-0.2, -0.15) is 13.2 Å². The summed E-state index contributed by atoms with van der Waals surface area (Å²) in [4.78, 5) is 11.2. The van der Waals surface area contributed by atoms with Crippen LogP contribution in [0.2, 0.25) is 0 Å². The summed E-state index contributed by atoms with van der Waals surface area (Å²) in [5.41, 5.74) is -3.55. The lowest BCUT2D eigenvalue weighted by Crippen LogP contribution is -2.39. The number of epoxide rings is 1. The minimum absolute atomic E-state index is 0.149. The molecule has 7 heteroatoms. The Labute approximate surface area is 118 Å². The summed E-state index contributed by atoms with van der Waals surface area (Å²) in [6.45, 7) is 2.53. The number of carboxylic acid groups (broad SMARTS) is 1. The van der Waals surface area contributed by atoms with E-state index in [1.54, 1.807) is 0 Å². The second-order valence-corrected chi connectivity index (χ2v) is 5.84. The summed E-state index contributed by atoms with van der Waals surface area (Å²) in [5, 5.41) is 9.11. The van der Waals surface area contributed by atoms with E-state index in [4.69, 9.17) is 5.11 Å². The highest BCUT2D eigenvalue weighted by Gasteiger charge is 2.67. The zero-order valence-corrected chi connectivity index (χ0v) is 11.4. The third-order valence-electron chi connectivity index (χ3n) is 3.68. The summed E-state index contributed by atoms with van der Waals surface area (Å²) in [7, 11) is 0. The Morgan fingerprint density at radius 1 is 1.38 bits per heavy atom. The van der Waals surface area contributed by atoms with Crippen LogP contribution in [0.1, 0.15) is 36.2 Å². The molecule has 21 heavy (non-hydrogen) atoms. The predicted octanol–water partition coefficient (Wildman–Crippen LogP) is 3.52. The topological polar surface area (TPSA) is 49.8 Å². The van der Waals surface area contributed by atoms with Crippen molar-refractivity contribution in [2.45, 2.75) is 37.5 Å². The van der Waals surface area contributed by atoms with Crippen molar-refractivity contribution < 1.29 is 32.2 Å². The van der Waals surface area contributed by atoms with Crippen molar-refractivity contribution in [1.82, 2.24) is 0 Å². The van der Waals surface area contributed by atoms with Crippen molar-refractivity contribution in [2.24, 2.45) is 0 Å². The van der Waals surface area contributed by atoms with Gasteiger partial charge in [-0.3, -0.25) is 0 Å². The van der Waals surface area contributed by atoms with Crippen molar-refractivity contribution in [3.8, 4) is 0 Å². The Morgan fingerprint density at radius 3 is 2.38 bits per heavy atom. The van der Waals surface area contributed by atoms with Gasteiger partial charge < -0.3 is 9.84 Å². The van der Waals surface area contributed by atoms with Crippen LogP contribution in [-0.2, 0) is 10.2 Å². The standard InChI is InChI=1S/C14H14F4O3/c1-12(2,6-13(7-21-13)14(16,17)18)10-4-3-8(15)5-9(10)11(19)20/h3-5H,6-7H2,1-2H3,(H,19,20)/t13-/m0/s1. The molecule has 0 saturated carbocycles. The molecule has 1 N–H and O–H groups in total. The van der Waals surface area contributed by atoms with Gasteiger partial charge in [0.1, 0.15) is 5.82 Å². The molecular weight excluding hydrogens is 292 g/mol. The lowest BCUT2D eigenvalue weighted by atomic mass is 9.75. The van der Waals surface area contributed by atoms with Crippen molar-refractivity contribution in [2.75, 3.05) is 6.61 Å². The maximum Gasteiger partial charge on any atom is 0.419 e. The zero-order valence-electron chi connectivity index (χ0n) is 11.4. The van der Waals surface area contributed by atoms with Gasteiger partial charge in [-0.15, -0.1) is 0 Å². The van der Waals surface area contributed by atoms with Crippen LogP contribution in [0.5, 0.6) is 0 Å². The Hall–Kier alpha value is -1.63. The second-order valence-electron chi connectivity index (χ2n) is 5.84. The molecule has 1 aliphatic heterocycles. The number of halogens is 4. The first-order chi connectivity index (χ1) is 9.48. The zero-order chi connectivity index (χ0) is 16.1. The number of benzene rings is 1. The highest BCUT2D eigenvalue weighted by molar-refractivity contribution is 5.89. The quantitative estimate of drug-likeness (QED) is 0.684. The normalized spacial score (nSPS) is 22.2. The minimum Gasteiger partial charge on any atom is -0.478 e. The maximum absolute atomic E-state index is 13.2. The fraction of sp³-hybridized carbons (Fsp3) is 0.500. The molecule has 1 aromatic rings. The van der Waals surface area contributed by atoms with Crippen LogP contribution < -0.4 is 0 Å². The molecule has 1 heterocycles. The van der Waals surface area contributed by atoms with Gasteiger partial charge >= 0.3 is 12.1 Å². The van der Waals surface area contributed by atoms with Crippen molar-refractivity contribution in [3.05, 3.63) is 35.1 Å². The van der Waals surface area contributed by atoms with Crippen molar-refractivity contribution in [1.29, 1.82) is 0 Å². The van der Waals surface area contributed by atoms with Gasteiger partial charge in [0, 0.05) is 0 Å². The van der Waals surface area contributed by atoms with Gasteiger partial charge in [-0.05, 0) is 29.5 Å². The third-order valence-corrected chi connectivity index (χ3v) is 3.68. The monoisotopic (exact) mass is 306 g/mol. The van der Waals surface area contributed by atoms with E-state index in [0.717, 1.165) is 12.1 Å². The van der Waals surface area contributed by atoms with Crippen LogP contribution in [0.4, 0.5) is 17.6 Å². The molecule has 1 aromatic carbocycles. The number of carbonyl (C=O) groups is 1. The van der Waals surface area contributed by atoms with E-state index in [9.17, 15) is 22.4 Å². The summed E-state index contributed by atoms with van der Waals surface area (Å²) < 4.78 is 56.7. The molecule has 0 bridgehead atoms. The molecule has 0 aromatic heterocycles. The molecule has 1 aliphatic rings. The van der Waals surface area contributed by atoms with Gasteiger partial charge in [0.25, 0.3) is 0 Å². The third kappa shape index (κ3) is 2.88. The highest BCUT2D eigenvalue weighted by atomic mass is 19.4. The number of hydrogen-bond acceptors (Lipinski definition) is 2. The molecular formula is C14H14F4O3. The summed E-state index contributed by atoms with van der Waals surface area (Å²) in [6.07, 6.45) is -4.94.